The van der Waals surface area contributed by atoms with Gasteiger partial charge in [-0.2, -0.15) is 5.10 Å². The molecule has 1 aromatic heterocycles. The first-order valence-electron chi connectivity index (χ1n) is 4.32. The molecule has 0 aliphatic carbocycles. The van der Waals surface area contributed by atoms with E-state index < -0.39 is 0 Å². The predicted octanol–water partition coefficient (Wildman–Crippen LogP) is 1.90. The Morgan fingerprint density at radius 2 is 2.25 bits per heavy atom. The molecule has 0 fully saturated rings. The van der Waals surface area contributed by atoms with E-state index in [9.17, 15) is 0 Å². The summed E-state index contributed by atoms with van der Waals surface area (Å²) in [5.74, 6) is 0.747. The minimum atomic E-state index is 0.278. The van der Waals surface area contributed by atoms with E-state index in [2.05, 4.69) is 25.9 Å². The van der Waals surface area contributed by atoms with Crippen molar-refractivity contribution >= 4 is 5.82 Å². The van der Waals surface area contributed by atoms with Gasteiger partial charge in [-0.15, -0.1) is 0 Å². The van der Waals surface area contributed by atoms with Crippen molar-refractivity contribution in [1.29, 1.82) is 0 Å². The maximum Gasteiger partial charge on any atom is 0.121 e. The average Bonchev–Trinajstić information content (AvgIpc) is 2.36. The molecule has 1 heterocycles. The van der Waals surface area contributed by atoms with Crippen LogP contribution in [0.2, 0.25) is 0 Å². The van der Waals surface area contributed by atoms with Gasteiger partial charge in [0.15, 0.2) is 0 Å². The Labute approximate surface area is 73.6 Å². The number of nitrogens with zero attached hydrogens (tertiary/aromatic N) is 2. The molecule has 0 saturated heterocycles. The van der Waals surface area contributed by atoms with E-state index in [0.717, 1.165) is 18.8 Å². The molecule has 1 aromatic rings. The van der Waals surface area contributed by atoms with E-state index in [-0.39, 0.29) is 5.41 Å². The van der Waals surface area contributed by atoms with Gasteiger partial charge in [0.25, 0.3) is 0 Å². The fourth-order valence-electron chi connectivity index (χ4n) is 0.992. The molecule has 0 bridgehead atoms. The summed E-state index contributed by atoms with van der Waals surface area (Å²) in [6.45, 7) is 7.50. The predicted molar refractivity (Wildman–Crippen MR) is 50.7 cm³/mol. The molecule has 0 amide bonds. The standard InChI is InChI=1S/C9H17N3/c1-4-9(2,3)7-12-8(10)5-6-11-12/h5-6H,4,7,10H2,1-3H3. The van der Waals surface area contributed by atoms with Gasteiger partial charge in [0.2, 0.25) is 0 Å². The highest BCUT2D eigenvalue weighted by atomic mass is 15.3. The Balaban J connectivity index is 2.70. The highest BCUT2D eigenvalue weighted by Gasteiger charge is 2.16. The van der Waals surface area contributed by atoms with Crippen molar-refractivity contribution in [2.45, 2.75) is 33.7 Å². The molecule has 0 aromatic carbocycles. The third kappa shape index (κ3) is 2.00. The lowest BCUT2D eigenvalue weighted by Gasteiger charge is -2.22. The van der Waals surface area contributed by atoms with Gasteiger partial charge >= 0.3 is 0 Å². The number of anilines is 1. The second kappa shape index (κ2) is 3.17. The van der Waals surface area contributed by atoms with Crippen LogP contribution < -0.4 is 5.73 Å². The van der Waals surface area contributed by atoms with Gasteiger partial charge < -0.3 is 5.73 Å². The molecule has 0 unspecified atom stereocenters. The molecular formula is C9H17N3. The first-order chi connectivity index (χ1) is 5.55. The Hall–Kier alpha value is -0.990. The Morgan fingerprint density at radius 1 is 1.58 bits per heavy atom. The third-order valence-electron chi connectivity index (χ3n) is 2.28. The summed E-state index contributed by atoms with van der Waals surface area (Å²) in [5.41, 5.74) is 5.98. The molecule has 2 N–H and O–H groups in total. The summed E-state index contributed by atoms with van der Waals surface area (Å²) in [5, 5.41) is 4.14. The summed E-state index contributed by atoms with van der Waals surface area (Å²) >= 11 is 0. The largest absolute Gasteiger partial charge is 0.384 e. The minimum absolute atomic E-state index is 0.278. The van der Waals surface area contributed by atoms with Crippen molar-refractivity contribution in [1.82, 2.24) is 9.78 Å². The van der Waals surface area contributed by atoms with Crippen LogP contribution in [0.5, 0.6) is 0 Å². The molecule has 0 atom stereocenters. The lowest BCUT2D eigenvalue weighted by Crippen LogP contribution is -2.20. The van der Waals surface area contributed by atoms with E-state index in [1.165, 1.54) is 0 Å². The molecule has 0 saturated carbocycles. The van der Waals surface area contributed by atoms with Crippen molar-refractivity contribution in [3.8, 4) is 0 Å². The summed E-state index contributed by atoms with van der Waals surface area (Å²) < 4.78 is 1.85. The van der Waals surface area contributed by atoms with Crippen LogP contribution in [0.15, 0.2) is 12.3 Å². The molecule has 12 heavy (non-hydrogen) atoms. The second-order valence-corrected chi connectivity index (χ2v) is 3.93. The summed E-state index contributed by atoms with van der Waals surface area (Å²) in [6.07, 6.45) is 2.87. The lowest BCUT2D eigenvalue weighted by molar-refractivity contribution is 0.282. The smallest absolute Gasteiger partial charge is 0.121 e. The molecule has 3 heteroatoms. The highest BCUT2D eigenvalue weighted by molar-refractivity contribution is 5.25. The SMILES string of the molecule is CCC(C)(C)Cn1nccc1N. The topological polar surface area (TPSA) is 43.8 Å². The Kier molecular flexibility index (Phi) is 2.40. The molecule has 0 aliphatic rings. The number of nitrogens with two attached hydrogens (primary N) is 1. The minimum Gasteiger partial charge on any atom is -0.384 e. The second-order valence-electron chi connectivity index (χ2n) is 3.93. The van der Waals surface area contributed by atoms with Crippen LogP contribution in [0.25, 0.3) is 0 Å². The fraction of sp³-hybridized carbons (Fsp3) is 0.667. The van der Waals surface area contributed by atoms with Crippen molar-refractivity contribution in [2.24, 2.45) is 5.41 Å². The van der Waals surface area contributed by atoms with Gasteiger partial charge in [0.05, 0.1) is 6.20 Å². The number of hydrogen-bond donors (Lipinski definition) is 1. The first-order valence-corrected chi connectivity index (χ1v) is 4.32. The van der Waals surface area contributed by atoms with E-state index in [4.69, 9.17) is 5.73 Å². The molecule has 68 valence electrons. The van der Waals surface area contributed by atoms with Gasteiger partial charge in [0, 0.05) is 6.54 Å². The van der Waals surface area contributed by atoms with Crippen LogP contribution in [-0.4, -0.2) is 9.78 Å². The average molecular weight is 167 g/mol. The van der Waals surface area contributed by atoms with Gasteiger partial charge in [-0.3, -0.25) is 0 Å². The van der Waals surface area contributed by atoms with Crippen LogP contribution in [0, 0.1) is 5.41 Å². The zero-order valence-corrected chi connectivity index (χ0v) is 8.04. The summed E-state index contributed by atoms with van der Waals surface area (Å²) in [7, 11) is 0. The van der Waals surface area contributed by atoms with E-state index in [1.54, 1.807) is 6.20 Å². The highest BCUT2D eigenvalue weighted by Crippen LogP contribution is 2.22. The van der Waals surface area contributed by atoms with Gasteiger partial charge in [-0.1, -0.05) is 20.8 Å². The normalized spacial score (nSPS) is 11.9. The zero-order valence-electron chi connectivity index (χ0n) is 8.04. The van der Waals surface area contributed by atoms with E-state index in [0.29, 0.717) is 0 Å². The van der Waals surface area contributed by atoms with E-state index in [1.807, 2.05) is 10.7 Å². The van der Waals surface area contributed by atoms with Gasteiger partial charge in [0.1, 0.15) is 5.82 Å². The Morgan fingerprint density at radius 3 is 2.67 bits per heavy atom. The number of nitrogen functional groups attached to an aromatic ring is 1. The van der Waals surface area contributed by atoms with Crippen molar-refractivity contribution in [3.63, 3.8) is 0 Å². The molecular weight excluding hydrogens is 150 g/mol. The van der Waals surface area contributed by atoms with Crippen LogP contribution in [0.1, 0.15) is 27.2 Å². The maximum atomic E-state index is 5.70. The summed E-state index contributed by atoms with van der Waals surface area (Å²) in [4.78, 5) is 0. The summed E-state index contributed by atoms with van der Waals surface area (Å²) in [6, 6.07) is 1.83. The molecule has 0 spiro atoms. The molecule has 3 nitrogen and oxygen atoms in total. The first kappa shape index (κ1) is 9.10. The number of rotatable bonds is 3. The van der Waals surface area contributed by atoms with Crippen LogP contribution in [-0.2, 0) is 6.54 Å². The van der Waals surface area contributed by atoms with Crippen molar-refractivity contribution in [2.75, 3.05) is 5.73 Å². The number of hydrogen-bond acceptors (Lipinski definition) is 2. The van der Waals surface area contributed by atoms with Crippen molar-refractivity contribution in [3.05, 3.63) is 12.3 Å². The van der Waals surface area contributed by atoms with Gasteiger partial charge in [-0.25, -0.2) is 4.68 Å². The van der Waals surface area contributed by atoms with Crippen LogP contribution in [0.4, 0.5) is 5.82 Å². The quantitative estimate of drug-likeness (QED) is 0.747. The molecule has 1 rings (SSSR count). The van der Waals surface area contributed by atoms with Crippen LogP contribution in [0.3, 0.4) is 0 Å². The maximum absolute atomic E-state index is 5.70. The van der Waals surface area contributed by atoms with Gasteiger partial charge in [-0.05, 0) is 17.9 Å². The third-order valence-corrected chi connectivity index (χ3v) is 2.28. The van der Waals surface area contributed by atoms with Crippen molar-refractivity contribution < 1.29 is 0 Å². The van der Waals surface area contributed by atoms with E-state index >= 15 is 0 Å². The molecule has 0 aliphatic heterocycles. The zero-order chi connectivity index (χ0) is 9.19. The Bertz CT molecular complexity index is 250. The fourth-order valence-corrected chi connectivity index (χ4v) is 0.992. The monoisotopic (exact) mass is 167 g/mol. The lowest BCUT2D eigenvalue weighted by atomic mass is 9.90. The molecule has 0 radical (unpaired) electrons. The number of aromatic nitrogens is 2. The van der Waals surface area contributed by atoms with Crippen LogP contribution >= 0.6 is 0 Å².